The Morgan fingerprint density at radius 1 is 1.03 bits per heavy atom. The van der Waals surface area contributed by atoms with Crippen LogP contribution >= 0.6 is 0 Å². The van der Waals surface area contributed by atoms with Gasteiger partial charge in [-0.15, -0.1) is 0 Å². The third kappa shape index (κ3) is 5.48. The third-order valence-electron chi connectivity index (χ3n) is 6.55. The van der Waals surface area contributed by atoms with E-state index in [2.05, 4.69) is 14.8 Å². The number of anilines is 1. The largest absolute Gasteiger partial charge is 0.389 e. The number of rotatable bonds is 8. The molecule has 2 aromatic carbocycles. The minimum Gasteiger partial charge on any atom is -0.389 e. The van der Waals surface area contributed by atoms with Crippen molar-refractivity contribution in [3.05, 3.63) is 85.0 Å². The molecule has 1 aliphatic rings. The molecule has 3 aromatic heterocycles. The lowest BCUT2D eigenvalue weighted by molar-refractivity contribution is 0.0577. The molecule has 0 radical (unpaired) electrons. The van der Waals surface area contributed by atoms with Crippen molar-refractivity contribution >= 4 is 22.3 Å². The van der Waals surface area contributed by atoms with E-state index in [4.69, 9.17) is 0 Å². The average Bonchev–Trinajstić information content (AvgIpc) is 3.49. The van der Waals surface area contributed by atoms with E-state index in [-0.39, 0.29) is 10.8 Å². The first-order chi connectivity index (χ1) is 18.6. The number of hydrogen-bond donors (Lipinski definition) is 2. The molecule has 0 amide bonds. The van der Waals surface area contributed by atoms with Gasteiger partial charge in [-0.25, -0.2) is 18.0 Å². The second-order valence-electron chi connectivity index (χ2n) is 10.5. The summed E-state index contributed by atoms with van der Waals surface area (Å²) in [6, 6.07) is 12.8. The number of aromatic nitrogens is 4. The Balaban J connectivity index is 1.39. The number of pyridine rings is 1. The first-order valence-corrected chi connectivity index (χ1v) is 13.8. The molecule has 0 aliphatic heterocycles. The second-order valence-corrected chi connectivity index (χ2v) is 12.0. The van der Waals surface area contributed by atoms with E-state index < -0.39 is 28.2 Å². The zero-order chi connectivity index (χ0) is 27.3. The van der Waals surface area contributed by atoms with Crippen LogP contribution in [0.15, 0.2) is 73.3 Å². The van der Waals surface area contributed by atoms with E-state index >= 15 is 0 Å². The first-order valence-electron chi connectivity index (χ1n) is 12.6. The molecular weight excluding hydrogens is 520 g/mol. The van der Waals surface area contributed by atoms with Crippen molar-refractivity contribution in [1.29, 1.82) is 0 Å². The molecule has 1 fully saturated rings. The highest BCUT2D eigenvalue weighted by atomic mass is 32.2. The van der Waals surface area contributed by atoms with Crippen LogP contribution in [0.2, 0.25) is 0 Å². The van der Waals surface area contributed by atoms with Crippen LogP contribution in [-0.2, 0) is 17.5 Å². The van der Waals surface area contributed by atoms with E-state index in [0.717, 1.165) is 41.3 Å². The van der Waals surface area contributed by atoms with Crippen molar-refractivity contribution in [2.45, 2.75) is 44.1 Å². The number of fused-ring (bicyclic) bond motifs is 1. The Morgan fingerprint density at radius 3 is 2.56 bits per heavy atom. The molecule has 0 saturated heterocycles. The van der Waals surface area contributed by atoms with Gasteiger partial charge in [-0.2, -0.15) is 5.10 Å². The van der Waals surface area contributed by atoms with Crippen LogP contribution in [0.25, 0.3) is 39.2 Å². The van der Waals surface area contributed by atoms with Crippen LogP contribution < -0.4 is 4.72 Å². The summed E-state index contributed by atoms with van der Waals surface area (Å²) in [4.78, 5) is 4.60. The zero-order valence-electron chi connectivity index (χ0n) is 21.4. The fraction of sp³-hybridized carbons (Fsp3) is 0.241. The van der Waals surface area contributed by atoms with Crippen LogP contribution in [0.1, 0.15) is 26.7 Å². The summed E-state index contributed by atoms with van der Waals surface area (Å²) >= 11 is 0. The van der Waals surface area contributed by atoms with Crippen molar-refractivity contribution in [2.24, 2.45) is 0 Å². The number of hydrogen-bond acceptors (Lipinski definition) is 4. The van der Waals surface area contributed by atoms with Gasteiger partial charge >= 0.3 is 0 Å². The van der Waals surface area contributed by atoms with Crippen LogP contribution in [0.3, 0.4) is 0 Å². The predicted octanol–water partition coefficient (Wildman–Crippen LogP) is 5.82. The Kier molecular flexibility index (Phi) is 6.31. The van der Waals surface area contributed by atoms with Crippen molar-refractivity contribution < 1.29 is 18.1 Å². The smallest absolute Gasteiger partial charge is 0.137 e. The van der Waals surface area contributed by atoms with Gasteiger partial charge in [0.1, 0.15) is 28.3 Å². The Hall–Kier alpha value is -3.89. The van der Waals surface area contributed by atoms with E-state index in [1.165, 1.54) is 12.1 Å². The Labute approximate surface area is 226 Å². The fourth-order valence-electron chi connectivity index (χ4n) is 4.56. The van der Waals surface area contributed by atoms with Gasteiger partial charge in [0.05, 0.1) is 35.5 Å². The van der Waals surface area contributed by atoms with E-state index in [1.807, 2.05) is 41.1 Å². The van der Waals surface area contributed by atoms with Crippen molar-refractivity contribution in [1.82, 2.24) is 19.2 Å². The Bertz CT molecular complexity index is 1720. The molecule has 5 aromatic rings. The third-order valence-corrected chi connectivity index (χ3v) is 8.06. The molecular formula is C29H27F2N5O2S. The monoisotopic (exact) mass is 547 g/mol. The van der Waals surface area contributed by atoms with Crippen LogP contribution in [0.5, 0.6) is 0 Å². The predicted molar refractivity (Wildman–Crippen MR) is 148 cm³/mol. The molecule has 1 atom stereocenters. The second kappa shape index (κ2) is 9.69. The maximum atomic E-state index is 14.7. The molecule has 7 nitrogen and oxygen atoms in total. The summed E-state index contributed by atoms with van der Waals surface area (Å²) < 4.78 is 47.7. The topological polar surface area (TPSA) is 84.5 Å². The quantitative estimate of drug-likeness (QED) is 0.257. The molecule has 0 bridgehead atoms. The molecule has 39 heavy (non-hydrogen) atoms. The molecule has 1 unspecified atom stereocenters. The number of nitrogens with zero attached hydrogens (tertiary/aromatic N) is 4. The molecule has 0 spiro atoms. The van der Waals surface area contributed by atoms with Gasteiger partial charge in [0.25, 0.3) is 0 Å². The zero-order valence-corrected chi connectivity index (χ0v) is 22.3. The highest BCUT2D eigenvalue weighted by Gasteiger charge is 2.29. The van der Waals surface area contributed by atoms with Gasteiger partial charge in [0.15, 0.2) is 0 Å². The van der Waals surface area contributed by atoms with Gasteiger partial charge in [-0.1, -0.05) is 0 Å². The molecule has 3 heterocycles. The summed E-state index contributed by atoms with van der Waals surface area (Å²) in [5, 5.41) is 14.6. The van der Waals surface area contributed by atoms with Gasteiger partial charge in [-0.3, -0.25) is 9.08 Å². The lowest BCUT2D eigenvalue weighted by Crippen LogP contribution is -2.26. The lowest BCUT2D eigenvalue weighted by Gasteiger charge is -2.16. The number of aliphatic hydroxyl groups is 1. The molecule has 6 rings (SSSR count). The summed E-state index contributed by atoms with van der Waals surface area (Å²) in [6.07, 6.45) is 9.09. The van der Waals surface area contributed by atoms with Gasteiger partial charge in [0, 0.05) is 40.8 Å². The van der Waals surface area contributed by atoms with Crippen LogP contribution in [0.4, 0.5) is 14.5 Å². The Morgan fingerprint density at radius 2 is 1.82 bits per heavy atom. The van der Waals surface area contributed by atoms with Crippen molar-refractivity contribution in [3.63, 3.8) is 0 Å². The standard InChI is InChI=1S/C29H27F2N5O2S/c1-29(2,37)17-35-16-21(14-33-35)18-7-8-36-27(15-32-28(36)12-18)20-9-19(25-6-3-22(30)13-26(25)31)10-23(11-20)34-39(38)24-4-5-24/h3,6-16,24,34,37H,4-5,17H2,1-2H3. The summed E-state index contributed by atoms with van der Waals surface area (Å²) in [6.45, 7) is 3.84. The SMILES string of the molecule is CC(C)(O)Cn1cc(-c2ccn3c(-c4cc(NS(=O)C5CC5)cc(-c5ccc(F)cc5F)c4)cnc3c2)cn1. The number of benzene rings is 2. The number of imidazole rings is 1. The highest BCUT2D eigenvalue weighted by molar-refractivity contribution is 7.87. The number of nitrogens with one attached hydrogen (secondary N) is 1. The summed E-state index contributed by atoms with van der Waals surface area (Å²) in [5.74, 6) is -1.32. The van der Waals surface area contributed by atoms with Gasteiger partial charge < -0.3 is 9.83 Å². The fourth-order valence-corrected chi connectivity index (χ4v) is 5.65. The molecule has 1 saturated carbocycles. The molecule has 200 valence electrons. The average molecular weight is 548 g/mol. The molecule has 2 N–H and O–H groups in total. The minimum absolute atomic E-state index is 0.113. The van der Waals surface area contributed by atoms with E-state index in [0.29, 0.717) is 23.4 Å². The van der Waals surface area contributed by atoms with Gasteiger partial charge in [0.2, 0.25) is 0 Å². The number of halogens is 2. The van der Waals surface area contributed by atoms with Crippen molar-refractivity contribution in [3.8, 4) is 33.5 Å². The first kappa shape index (κ1) is 25.4. The minimum atomic E-state index is -1.25. The van der Waals surface area contributed by atoms with Gasteiger partial charge in [-0.05, 0) is 80.3 Å². The van der Waals surface area contributed by atoms with E-state index in [1.54, 1.807) is 37.0 Å². The molecule has 10 heteroatoms. The van der Waals surface area contributed by atoms with E-state index in [9.17, 15) is 18.1 Å². The maximum Gasteiger partial charge on any atom is 0.137 e. The maximum absolute atomic E-state index is 14.7. The highest BCUT2D eigenvalue weighted by Crippen LogP contribution is 2.34. The van der Waals surface area contributed by atoms with Crippen LogP contribution in [-0.4, -0.2) is 39.3 Å². The normalized spacial score (nSPS) is 14.6. The van der Waals surface area contributed by atoms with Crippen LogP contribution in [0, 0.1) is 11.6 Å². The summed E-state index contributed by atoms with van der Waals surface area (Å²) in [7, 11) is -1.25. The van der Waals surface area contributed by atoms with Crippen molar-refractivity contribution in [2.75, 3.05) is 4.72 Å². The summed E-state index contributed by atoms with van der Waals surface area (Å²) in [5.41, 5.74) is 4.51. The molecule has 1 aliphatic carbocycles. The lowest BCUT2D eigenvalue weighted by atomic mass is 10.00.